The van der Waals surface area contributed by atoms with Gasteiger partial charge < -0.3 is 4.74 Å². The van der Waals surface area contributed by atoms with E-state index in [2.05, 4.69) is 0 Å². The fourth-order valence-corrected chi connectivity index (χ4v) is 2.02. The van der Waals surface area contributed by atoms with Crippen LogP contribution in [0.1, 0.15) is 28.4 Å². The Morgan fingerprint density at radius 3 is 2.35 bits per heavy atom. The van der Waals surface area contributed by atoms with Crippen LogP contribution in [0.25, 0.3) is 5.57 Å². The van der Waals surface area contributed by atoms with Gasteiger partial charge in [0, 0.05) is 5.56 Å². The van der Waals surface area contributed by atoms with Gasteiger partial charge in [0.15, 0.2) is 5.78 Å². The summed E-state index contributed by atoms with van der Waals surface area (Å²) < 4.78 is 5.13. The summed E-state index contributed by atoms with van der Waals surface area (Å²) in [4.78, 5) is 12.2. The maximum Gasteiger partial charge on any atom is 0.186 e. The number of carbonyl (C=O) groups is 1. The van der Waals surface area contributed by atoms with Gasteiger partial charge >= 0.3 is 0 Å². The molecule has 0 N–H and O–H groups in total. The minimum absolute atomic E-state index is 0.0296. The summed E-state index contributed by atoms with van der Waals surface area (Å²) in [6.07, 6.45) is 1.68. The van der Waals surface area contributed by atoms with Crippen molar-refractivity contribution in [3.05, 3.63) is 71.3 Å². The fourth-order valence-electron chi connectivity index (χ4n) is 2.02. The first-order valence-electron chi connectivity index (χ1n) is 6.54. The average Bonchev–Trinajstić information content (AvgIpc) is 2.47. The van der Waals surface area contributed by atoms with E-state index in [1.54, 1.807) is 13.2 Å². The molecular formula is C18H18O2. The molecule has 0 amide bonds. The van der Waals surface area contributed by atoms with E-state index in [1.807, 2.05) is 62.4 Å². The SMILES string of the molecule is COc1ccc(/C(C)=C/C(=O)c2cccc(C)c2)cc1. The Morgan fingerprint density at radius 2 is 1.75 bits per heavy atom. The highest BCUT2D eigenvalue weighted by Crippen LogP contribution is 2.19. The fraction of sp³-hybridized carbons (Fsp3) is 0.167. The van der Waals surface area contributed by atoms with Crippen LogP contribution in [-0.2, 0) is 0 Å². The summed E-state index contributed by atoms with van der Waals surface area (Å²) in [6.45, 7) is 3.92. The Labute approximate surface area is 119 Å². The third-order valence-corrected chi connectivity index (χ3v) is 3.20. The molecule has 0 saturated carbocycles. The Morgan fingerprint density at radius 1 is 1.05 bits per heavy atom. The molecule has 0 aliphatic rings. The van der Waals surface area contributed by atoms with Crippen molar-refractivity contribution in [3.8, 4) is 5.75 Å². The third-order valence-electron chi connectivity index (χ3n) is 3.20. The van der Waals surface area contributed by atoms with Crippen LogP contribution in [0.4, 0.5) is 0 Å². The maximum atomic E-state index is 12.2. The first kappa shape index (κ1) is 14.1. The van der Waals surface area contributed by atoms with Gasteiger partial charge in [-0.15, -0.1) is 0 Å². The highest BCUT2D eigenvalue weighted by molar-refractivity contribution is 6.08. The quantitative estimate of drug-likeness (QED) is 0.609. The zero-order valence-corrected chi connectivity index (χ0v) is 12.0. The van der Waals surface area contributed by atoms with Crippen molar-refractivity contribution in [1.82, 2.24) is 0 Å². The average molecular weight is 266 g/mol. The molecule has 0 fully saturated rings. The predicted octanol–water partition coefficient (Wildman–Crippen LogP) is 4.29. The van der Waals surface area contributed by atoms with E-state index in [1.165, 1.54) is 0 Å². The van der Waals surface area contributed by atoms with Crippen LogP contribution in [0.5, 0.6) is 5.75 Å². The van der Waals surface area contributed by atoms with Crippen molar-refractivity contribution in [3.63, 3.8) is 0 Å². The minimum atomic E-state index is 0.0296. The second-order valence-corrected chi connectivity index (χ2v) is 4.79. The van der Waals surface area contributed by atoms with Gasteiger partial charge in [-0.1, -0.05) is 35.9 Å². The molecule has 2 heteroatoms. The van der Waals surface area contributed by atoms with E-state index in [-0.39, 0.29) is 5.78 Å². The predicted molar refractivity (Wildman–Crippen MR) is 82.2 cm³/mol. The van der Waals surface area contributed by atoms with E-state index in [4.69, 9.17) is 4.74 Å². The van der Waals surface area contributed by atoms with Crippen molar-refractivity contribution < 1.29 is 9.53 Å². The van der Waals surface area contributed by atoms with Crippen molar-refractivity contribution in [2.75, 3.05) is 7.11 Å². The monoisotopic (exact) mass is 266 g/mol. The van der Waals surface area contributed by atoms with Crippen LogP contribution in [0.3, 0.4) is 0 Å². The summed E-state index contributed by atoms with van der Waals surface area (Å²) in [5, 5.41) is 0. The van der Waals surface area contributed by atoms with Gasteiger partial charge in [0.05, 0.1) is 7.11 Å². The molecule has 0 atom stereocenters. The first-order valence-corrected chi connectivity index (χ1v) is 6.54. The number of ketones is 1. The van der Waals surface area contributed by atoms with Crippen LogP contribution < -0.4 is 4.74 Å². The molecule has 0 aliphatic heterocycles. The lowest BCUT2D eigenvalue weighted by Gasteiger charge is -2.04. The highest BCUT2D eigenvalue weighted by atomic mass is 16.5. The number of allylic oxidation sites excluding steroid dienone is 2. The Bertz CT molecular complexity index is 637. The van der Waals surface area contributed by atoms with Crippen molar-refractivity contribution >= 4 is 11.4 Å². The molecule has 2 aromatic rings. The standard InChI is InChI=1S/C18H18O2/c1-13-5-4-6-16(11-13)18(19)12-14(2)15-7-9-17(20-3)10-8-15/h4-12H,1-3H3/b14-12+. The molecule has 0 bridgehead atoms. The van der Waals surface area contributed by atoms with E-state index in [0.29, 0.717) is 0 Å². The summed E-state index contributed by atoms with van der Waals surface area (Å²) in [6, 6.07) is 15.3. The first-order chi connectivity index (χ1) is 9.60. The van der Waals surface area contributed by atoms with E-state index in [0.717, 1.165) is 28.0 Å². The van der Waals surface area contributed by atoms with Crippen molar-refractivity contribution in [2.45, 2.75) is 13.8 Å². The lowest BCUT2D eigenvalue weighted by molar-refractivity contribution is 0.104. The summed E-state index contributed by atoms with van der Waals surface area (Å²) in [5.41, 5.74) is 3.77. The number of hydrogen-bond acceptors (Lipinski definition) is 2. The van der Waals surface area contributed by atoms with Crippen LogP contribution in [-0.4, -0.2) is 12.9 Å². The van der Waals surface area contributed by atoms with Gasteiger partial charge in [0.25, 0.3) is 0 Å². The molecule has 0 heterocycles. The van der Waals surface area contributed by atoms with Crippen LogP contribution in [0, 0.1) is 6.92 Å². The van der Waals surface area contributed by atoms with Gasteiger partial charge in [-0.2, -0.15) is 0 Å². The Hall–Kier alpha value is -2.35. The molecule has 0 aliphatic carbocycles. The number of methoxy groups -OCH3 is 1. The molecule has 20 heavy (non-hydrogen) atoms. The van der Waals surface area contributed by atoms with Gasteiger partial charge in [-0.25, -0.2) is 0 Å². The molecule has 0 unspecified atom stereocenters. The number of carbonyl (C=O) groups excluding carboxylic acids is 1. The molecule has 0 aromatic heterocycles. The number of benzene rings is 2. The minimum Gasteiger partial charge on any atom is -0.497 e. The molecule has 2 rings (SSSR count). The molecule has 0 spiro atoms. The van der Waals surface area contributed by atoms with Crippen LogP contribution in [0.15, 0.2) is 54.6 Å². The molecule has 0 radical (unpaired) electrons. The number of ether oxygens (including phenoxy) is 1. The molecule has 2 aromatic carbocycles. The smallest absolute Gasteiger partial charge is 0.186 e. The van der Waals surface area contributed by atoms with Gasteiger partial charge in [-0.05, 0) is 49.3 Å². The van der Waals surface area contributed by atoms with Crippen molar-refractivity contribution in [2.24, 2.45) is 0 Å². The van der Waals surface area contributed by atoms with Gasteiger partial charge in [0.2, 0.25) is 0 Å². The van der Waals surface area contributed by atoms with Crippen LogP contribution in [0.2, 0.25) is 0 Å². The Kier molecular flexibility index (Phi) is 4.36. The van der Waals surface area contributed by atoms with E-state index >= 15 is 0 Å². The summed E-state index contributed by atoms with van der Waals surface area (Å²) >= 11 is 0. The van der Waals surface area contributed by atoms with E-state index < -0.39 is 0 Å². The summed E-state index contributed by atoms with van der Waals surface area (Å²) in [7, 11) is 1.64. The largest absolute Gasteiger partial charge is 0.497 e. The lowest BCUT2D eigenvalue weighted by Crippen LogP contribution is -1.96. The number of rotatable bonds is 4. The topological polar surface area (TPSA) is 26.3 Å². The zero-order chi connectivity index (χ0) is 14.5. The molecule has 102 valence electrons. The van der Waals surface area contributed by atoms with Gasteiger partial charge in [0.1, 0.15) is 5.75 Å². The molecule has 2 nitrogen and oxygen atoms in total. The third kappa shape index (κ3) is 3.35. The summed E-state index contributed by atoms with van der Waals surface area (Å²) in [5.74, 6) is 0.841. The molecule has 0 saturated heterocycles. The van der Waals surface area contributed by atoms with Crippen molar-refractivity contribution in [1.29, 1.82) is 0 Å². The van der Waals surface area contributed by atoms with Crippen LogP contribution >= 0.6 is 0 Å². The van der Waals surface area contributed by atoms with Gasteiger partial charge in [-0.3, -0.25) is 4.79 Å². The zero-order valence-electron chi connectivity index (χ0n) is 12.0. The van der Waals surface area contributed by atoms with E-state index in [9.17, 15) is 4.79 Å². The molecular weight excluding hydrogens is 248 g/mol. The maximum absolute atomic E-state index is 12.2. The Balaban J connectivity index is 2.22. The lowest BCUT2D eigenvalue weighted by atomic mass is 10.0. The highest BCUT2D eigenvalue weighted by Gasteiger charge is 2.04. The second-order valence-electron chi connectivity index (χ2n) is 4.79. The number of hydrogen-bond donors (Lipinski definition) is 0. The second kappa shape index (κ2) is 6.20. The number of aryl methyl sites for hydroxylation is 1. The normalized spacial score (nSPS) is 11.2.